The van der Waals surface area contributed by atoms with E-state index in [2.05, 4.69) is 4.98 Å². The highest BCUT2D eigenvalue weighted by Crippen LogP contribution is 2.37. The van der Waals surface area contributed by atoms with Crippen LogP contribution in [0.4, 0.5) is 4.79 Å². The quantitative estimate of drug-likeness (QED) is 0.767. The van der Waals surface area contributed by atoms with E-state index in [-0.39, 0.29) is 5.78 Å². The minimum Gasteiger partial charge on any atom is -0.470 e. The first-order chi connectivity index (χ1) is 9.10. The third-order valence-corrected chi connectivity index (χ3v) is 3.81. The smallest absolute Gasteiger partial charge is 0.407 e. The van der Waals surface area contributed by atoms with Gasteiger partial charge in [-0.15, -0.1) is 0 Å². The number of fused-ring (bicyclic) bond motifs is 1. The van der Waals surface area contributed by atoms with Crippen LogP contribution in [-0.4, -0.2) is 45.6 Å². The Kier molecular flexibility index (Phi) is 2.66. The van der Waals surface area contributed by atoms with E-state index in [1.165, 1.54) is 4.90 Å². The average Bonchev–Trinajstić information content (AvgIpc) is 2.39. The molecule has 6 nitrogen and oxygen atoms in total. The lowest BCUT2D eigenvalue weighted by atomic mass is 9.83. The van der Waals surface area contributed by atoms with Gasteiger partial charge < -0.3 is 14.7 Å². The van der Waals surface area contributed by atoms with E-state index in [9.17, 15) is 9.59 Å². The molecule has 1 saturated heterocycles. The molecule has 1 N–H and O–H groups in total. The minimum absolute atomic E-state index is 0.0260. The summed E-state index contributed by atoms with van der Waals surface area (Å²) < 4.78 is 5.91. The zero-order chi connectivity index (χ0) is 13.5. The predicted molar refractivity (Wildman–Crippen MR) is 65.4 cm³/mol. The third-order valence-electron chi connectivity index (χ3n) is 3.81. The number of nitrogens with zero attached hydrogens (tertiary/aromatic N) is 2. The van der Waals surface area contributed by atoms with Crippen molar-refractivity contribution in [3.63, 3.8) is 0 Å². The number of rotatable bonds is 0. The van der Waals surface area contributed by atoms with Crippen LogP contribution in [-0.2, 0) is 0 Å². The summed E-state index contributed by atoms with van der Waals surface area (Å²) in [5.74, 6) is 0.403. The van der Waals surface area contributed by atoms with Crippen LogP contribution in [0.15, 0.2) is 18.3 Å². The van der Waals surface area contributed by atoms with Gasteiger partial charge in [0.25, 0.3) is 0 Å². The molecule has 0 radical (unpaired) electrons. The van der Waals surface area contributed by atoms with Crippen molar-refractivity contribution in [2.24, 2.45) is 0 Å². The van der Waals surface area contributed by atoms with Crippen molar-refractivity contribution in [1.29, 1.82) is 0 Å². The van der Waals surface area contributed by atoms with Gasteiger partial charge in [0.2, 0.25) is 5.88 Å². The maximum absolute atomic E-state index is 12.1. The summed E-state index contributed by atoms with van der Waals surface area (Å²) in [6, 6.07) is 3.43. The number of piperidine rings is 1. The molecule has 19 heavy (non-hydrogen) atoms. The standard InChI is InChI=1S/C13H14N2O4/c16-10-8-13(3-6-15(7-4-13)12(17)18)19-11-9(10)2-1-5-14-11/h1-2,5H,3-4,6-8H2,(H,17,18). The molecule has 0 aromatic carbocycles. The van der Waals surface area contributed by atoms with Gasteiger partial charge >= 0.3 is 6.09 Å². The van der Waals surface area contributed by atoms with Gasteiger partial charge in [-0.25, -0.2) is 9.78 Å². The Morgan fingerprint density at radius 3 is 2.84 bits per heavy atom. The van der Waals surface area contributed by atoms with Crippen LogP contribution in [0.2, 0.25) is 0 Å². The molecule has 2 aliphatic rings. The molecule has 1 spiro atoms. The van der Waals surface area contributed by atoms with Crippen molar-refractivity contribution in [3.8, 4) is 5.88 Å². The van der Waals surface area contributed by atoms with E-state index in [0.717, 1.165) is 0 Å². The molecule has 1 amide bonds. The first kappa shape index (κ1) is 12.0. The fourth-order valence-corrected chi connectivity index (χ4v) is 2.70. The molecule has 1 fully saturated rings. The number of amides is 1. The number of likely N-dealkylation sites (tertiary alicyclic amines) is 1. The van der Waals surface area contributed by atoms with Gasteiger partial charge in [0.05, 0.1) is 12.0 Å². The van der Waals surface area contributed by atoms with Gasteiger partial charge in [0.1, 0.15) is 5.60 Å². The van der Waals surface area contributed by atoms with Crippen LogP contribution in [0.1, 0.15) is 29.6 Å². The topological polar surface area (TPSA) is 79.7 Å². The lowest BCUT2D eigenvalue weighted by molar-refractivity contribution is -0.00839. The summed E-state index contributed by atoms with van der Waals surface area (Å²) in [6.45, 7) is 0.787. The second kappa shape index (κ2) is 4.22. The SMILES string of the molecule is O=C1CC2(CCN(C(=O)O)CC2)Oc2ncccc21. The van der Waals surface area contributed by atoms with Gasteiger partial charge in [0, 0.05) is 32.1 Å². The Morgan fingerprint density at radius 2 is 2.16 bits per heavy atom. The Labute approximate surface area is 110 Å². The van der Waals surface area contributed by atoms with Gasteiger partial charge in [-0.1, -0.05) is 0 Å². The van der Waals surface area contributed by atoms with Crippen molar-refractivity contribution >= 4 is 11.9 Å². The highest BCUT2D eigenvalue weighted by atomic mass is 16.5. The third kappa shape index (κ3) is 2.03. The number of carbonyl (C=O) groups is 2. The normalized spacial score (nSPS) is 20.8. The molecule has 0 bridgehead atoms. The fraction of sp³-hybridized carbons (Fsp3) is 0.462. The lowest BCUT2D eigenvalue weighted by Crippen LogP contribution is -2.52. The molecular formula is C13H14N2O4. The second-order valence-electron chi connectivity index (χ2n) is 5.01. The zero-order valence-electron chi connectivity index (χ0n) is 10.3. The summed E-state index contributed by atoms with van der Waals surface area (Å²) >= 11 is 0. The molecule has 0 unspecified atom stereocenters. The minimum atomic E-state index is -0.921. The number of ketones is 1. The highest BCUT2D eigenvalue weighted by molar-refractivity contribution is 5.99. The molecule has 6 heteroatoms. The van der Waals surface area contributed by atoms with E-state index in [0.29, 0.717) is 43.8 Å². The number of hydrogen-bond acceptors (Lipinski definition) is 4. The van der Waals surface area contributed by atoms with E-state index in [4.69, 9.17) is 9.84 Å². The van der Waals surface area contributed by atoms with Crippen LogP contribution < -0.4 is 4.74 Å². The molecule has 3 rings (SSSR count). The zero-order valence-corrected chi connectivity index (χ0v) is 10.3. The fourth-order valence-electron chi connectivity index (χ4n) is 2.70. The van der Waals surface area contributed by atoms with Crippen LogP contribution in [0.3, 0.4) is 0 Å². The summed E-state index contributed by atoms with van der Waals surface area (Å²) in [7, 11) is 0. The van der Waals surface area contributed by atoms with Crippen molar-refractivity contribution in [3.05, 3.63) is 23.9 Å². The lowest BCUT2D eigenvalue weighted by Gasteiger charge is -2.42. The summed E-state index contributed by atoms with van der Waals surface area (Å²) in [6.07, 6.45) is 2.04. The van der Waals surface area contributed by atoms with Crippen LogP contribution in [0.25, 0.3) is 0 Å². The van der Waals surface area contributed by atoms with Crippen molar-refractivity contribution < 1.29 is 19.4 Å². The molecule has 2 aliphatic heterocycles. The predicted octanol–water partition coefficient (Wildman–Crippen LogP) is 1.56. The molecule has 0 aliphatic carbocycles. The Morgan fingerprint density at radius 1 is 1.42 bits per heavy atom. The maximum atomic E-state index is 12.1. The molecule has 3 heterocycles. The number of hydrogen-bond donors (Lipinski definition) is 1. The number of aromatic nitrogens is 1. The first-order valence-corrected chi connectivity index (χ1v) is 6.25. The molecule has 1 aromatic heterocycles. The van der Waals surface area contributed by atoms with Gasteiger partial charge in [-0.05, 0) is 12.1 Å². The molecule has 1 aromatic rings. The Hall–Kier alpha value is -2.11. The summed E-state index contributed by atoms with van der Waals surface area (Å²) in [5.41, 5.74) is -0.0570. The van der Waals surface area contributed by atoms with Crippen molar-refractivity contribution in [1.82, 2.24) is 9.88 Å². The highest BCUT2D eigenvalue weighted by Gasteiger charge is 2.44. The Bertz CT molecular complexity index is 535. The van der Waals surface area contributed by atoms with Crippen LogP contribution in [0.5, 0.6) is 5.88 Å². The summed E-state index contributed by atoms with van der Waals surface area (Å²) in [4.78, 5) is 28.5. The maximum Gasteiger partial charge on any atom is 0.407 e. The second-order valence-corrected chi connectivity index (χ2v) is 5.01. The molecule has 100 valence electrons. The molecule has 0 atom stereocenters. The number of carboxylic acid groups (broad SMARTS) is 1. The summed E-state index contributed by atoms with van der Waals surface area (Å²) in [5, 5.41) is 8.94. The van der Waals surface area contributed by atoms with E-state index >= 15 is 0 Å². The molecular weight excluding hydrogens is 248 g/mol. The number of Topliss-reactive ketones (excluding diaryl/α,β-unsaturated/α-hetero) is 1. The van der Waals surface area contributed by atoms with Gasteiger partial charge in [0.15, 0.2) is 5.78 Å². The van der Waals surface area contributed by atoms with Crippen molar-refractivity contribution in [2.45, 2.75) is 24.9 Å². The van der Waals surface area contributed by atoms with E-state index in [1.54, 1.807) is 18.3 Å². The van der Waals surface area contributed by atoms with Crippen LogP contribution in [0, 0.1) is 0 Å². The van der Waals surface area contributed by atoms with E-state index in [1.807, 2.05) is 0 Å². The van der Waals surface area contributed by atoms with Gasteiger partial charge in [-0.3, -0.25) is 4.79 Å². The monoisotopic (exact) mass is 262 g/mol. The Balaban J connectivity index is 1.82. The van der Waals surface area contributed by atoms with E-state index < -0.39 is 11.7 Å². The van der Waals surface area contributed by atoms with Gasteiger partial charge in [-0.2, -0.15) is 0 Å². The number of ether oxygens (including phenoxy) is 1. The number of pyridine rings is 1. The van der Waals surface area contributed by atoms with Crippen molar-refractivity contribution in [2.75, 3.05) is 13.1 Å². The largest absolute Gasteiger partial charge is 0.470 e. The average molecular weight is 262 g/mol. The van der Waals surface area contributed by atoms with Crippen LogP contribution >= 0.6 is 0 Å². The first-order valence-electron chi connectivity index (χ1n) is 6.25. The molecule has 0 saturated carbocycles. The number of carbonyl (C=O) groups excluding carboxylic acids is 1.